The first kappa shape index (κ1) is 16.9. The van der Waals surface area contributed by atoms with Crippen LogP contribution in [0.15, 0.2) is 92.0 Å². The maximum absolute atomic E-state index is 5.29. The van der Waals surface area contributed by atoms with E-state index in [-0.39, 0.29) is 10.9 Å². The minimum atomic E-state index is -0.175. The molecule has 0 saturated heterocycles. The van der Waals surface area contributed by atoms with Crippen LogP contribution >= 0.6 is 15.9 Å². The van der Waals surface area contributed by atoms with E-state index in [4.69, 9.17) is 9.47 Å². The molecule has 0 unspecified atom stereocenters. The zero-order chi connectivity index (χ0) is 16.9. The topological polar surface area (TPSA) is 18.5 Å². The van der Waals surface area contributed by atoms with Crippen molar-refractivity contribution < 1.29 is 9.47 Å². The molecule has 0 aromatic heterocycles. The number of halogens is 1. The number of ether oxygens (including phenoxy) is 2. The third-order valence-electron chi connectivity index (χ3n) is 3.64. The molecule has 2 nitrogen and oxygen atoms in total. The SMILES string of the molecule is COc1ccc([S+](c2ccc(Br)cc2)c2ccc(OC)cc2)cc1. The molecule has 0 radical (unpaired) electrons. The number of hydrogen-bond donors (Lipinski definition) is 0. The van der Waals surface area contributed by atoms with Crippen LogP contribution in [0.5, 0.6) is 11.5 Å². The Balaban J connectivity index is 2.06. The lowest BCUT2D eigenvalue weighted by Gasteiger charge is -2.09. The molecule has 0 N–H and O–H groups in total. The maximum Gasteiger partial charge on any atom is 0.166 e. The van der Waals surface area contributed by atoms with Gasteiger partial charge in [-0.05, 0) is 72.8 Å². The minimum Gasteiger partial charge on any atom is -0.497 e. The van der Waals surface area contributed by atoms with Gasteiger partial charge in [-0.3, -0.25) is 0 Å². The van der Waals surface area contributed by atoms with Crippen LogP contribution in [-0.2, 0) is 10.9 Å². The summed E-state index contributed by atoms with van der Waals surface area (Å²) in [5.41, 5.74) is 0. The van der Waals surface area contributed by atoms with Gasteiger partial charge in [-0.1, -0.05) is 15.9 Å². The maximum atomic E-state index is 5.29. The highest BCUT2D eigenvalue weighted by Crippen LogP contribution is 2.33. The summed E-state index contributed by atoms with van der Waals surface area (Å²) >= 11 is 3.51. The summed E-state index contributed by atoms with van der Waals surface area (Å²) in [7, 11) is 3.20. The molecule has 0 bridgehead atoms. The Morgan fingerprint density at radius 1 is 0.583 bits per heavy atom. The van der Waals surface area contributed by atoms with E-state index in [2.05, 4.69) is 64.5 Å². The van der Waals surface area contributed by atoms with E-state index in [0.29, 0.717) is 0 Å². The molecule has 0 saturated carbocycles. The Bertz CT molecular complexity index is 736. The van der Waals surface area contributed by atoms with Crippen molar-refractivity contribution in [2.24, 2.45) is 0 Å². The van der Waals surface area contributed by atoms with Crippen molar-refractivity contribution in [1.29, 1.82) is 0 Å². The van der Waals surface area contributed by atoms with E-state index in [1.165, 1.54) is 14.7 Å². The Labute approximate surface area is 153 Å². The lowest BCUT2D eigenvalue weighted by atomic mass is 10.3. The average Bonchev–Trinajstić information content (AvgIpc) is 2.64. The molecule has 0 spiro atoms. The summed E-state index contributed by atoms with van der Waals surface area (Å²) in [5.74, 6) is 1.74. The standard InChI is InChI=1S/C20H18BrO2S/c1-22-16-5-11-19(12-6-16)24(18-9-3-15(21)4-10-18)20-13-7-17(23-2)8-14-20/h3-14H,1-2H3/q+1. The monoisotopic (exact) mass is 401 g/mol. The zero-order valence-electron chi connectivity index (χ0n) is 13.5. The van der Waals surface area contributed by atoms with Gasteiger partial charge in [0.05, 0.1) is 25.1 Å². The molecule has 0 aliphatic rings. The molecule has 0 atom stereocenters. The largest absolute Gasteiger partial charge is 0.497 e. The third-order valence-corrected chi connectivity index (χ3v) is 6.40. The number of hydrogen-bond acceptors (Lipinski definition) is 2. The highest BCUT2D eigenvalue weighted by Gasteiger charge is 2.28. The summed E-state index contributed by atoms with van der Waals surface area (Å²) < 4.78 is 11.7. The minimum absolute atomic E-state index is 0.175. The van der Waals surface area contributed by atoms with E-state index < -0.39 is 0 Å². The molecule has 3 rings (SSSR count). The zero-order valence-corrected chi connectivity index (χ0v) is 15.9. The number of methoxy groups -OCH3 is 2. The van der Waals surface area contributed by atoms with Crippen LogP contribution in [0.25, 0.3) is 0 Å². The average molecular weight is 402 g/mol. The van der Waals surface area contributed by atoms with Crippen LogP contribution in [0.3, 0.4) is 0 Å². The molecule has 24 heavy (non-hydrogen) atoms. The van der Waals surface area contributed by atoms with E-state index in [1.807, 2.05) is 24.3 Å². The van der Waals surface area contributed by atoms with Crippen LogP contribution in [0.4, 0.5) is 0 Å². The molecule has 122 valence electrons. The quantitative estimate of drug-likeness (QED) is 0.520. The number of rotatable bonds is 5. The second kappa shape index (κ2) is 7.77. The van der Waals surface area contributed by atoms with Crippen molar-refractivity contribution in [2.75, 3.05) is 14.2 Å². The molecule has 0 heterocycles. The Morgan fingerprint density at radius 2 is 0.917 bits per heavy atom. The van der Waals surface area contributed by atoms with Gasteiger partial charge in [0.1, 0.15) is 11.5 Å². The van der Waals surface area contributed by atoms with Crippen LogP contribution in [0.1, 0.15) is 0 Å². The van der Waals surface area contributed by atoms with Gasteiger partial charge in [-0.25, -0.2) is 0 Å². The Kier molecular flexibility index (Phi) is 5.48. The summed E-state index contributed by atoms with van der Waals surface area (Å²) in [5, 5.41) is 0. The summed E-state index contributed by atoms with van der Waals surface area (Å²) in [6.45, 7) is 0. The first-order valence-corrected chi connectivity index (χ1v) is 9.51. The predicted molar refractivity (Wildman–Crippen MR) is 102 cm³/mol. The normalized spacial score (nSPS) is 10.7. The molecule has 0 aliphatic carbocycles. The molecule has 0 amide bonds. The van der Waals surface area contributed by atoms with Gasteiger partial charge in [0.25, 0.3) is 0 Å². The smallest absolute Gasteiger partial charge is 0.166 e. The van der Waals surface area contributed by atoms with Gasteiger partial charge >= 0.3 is 0 Å². The summed E-state index contributed by atoms with van der Waals surface area (Å²) in [4.78, 5) is 3.78. The van der Waals surface area contributed by atoms with Crippen LogP contribution in [0, 0.1) is 0 Å². The van der Waals surface area contributed by atoms with Gasteiger partial charge in [0, 0.05) is 4.47 Å². The van der Waals surface area contributed by atoms with E-state index in [1.54, 1.807) is 14.2 Å². The number of benzene rings is 3. The van der Waals surface area contributed by atoms with Crippen LogP contribution in [0.2, 0.25) is 0 Å². The highest BCUT2D eigenvalue weighted by molar-refractivity contribution is 9.10. The van der Waals surface area contributed by atoms with Crippen molar-refractivity contribution in [3.8, 4) is 11.5 Å². The lowest BCUT2D eigenvalue weighted by molar-refractivity contribution is 0.414. The first-order chi connectivity index (χ1) is 11.7. The molecule has 3 aromatic carbocycles. The van der Waals surface area contributed by atoms with Crippen molar-refractivity contribution in [3.05, 3.63) is 77.3 Å². The highest BCUT2D eigenvalue weighted by atomic mass is 79.9. The van der Waals surface area contributed by atoms with Gasteiger partial charge in [-0.15, -0.1) is 0 Å². The molecule has 0 fully saturated rings. The van der Waals surface area contributed by atoms with Gasteiger partial charge < -0.3 is 9.47 Å². The lowest BCUT2D eigenvalue weighted by Crippen LogP contribution is -2.04. The second-order valence-electron chi connectivity index (χ2n) is 5.11. The van der Waals surface area contributed by atoms with Gasteiger partial charge in [-0.2, -0.15) is 0 Å². The van der Waals surface area contributed by atoms with E-state index in [0.717, 1.165) is 16.0 Å². The molecule has 4 heteroatoms. The van der Waals surface area contributed by atoms with Crippen molar-refractivity contribution in [2.45, 2.75) is 14.7 Å². The van der Waals surface area contributed by atoms with Crippen LogP contribution < -0.4 is 9.47 Å². The fourth-order valence-electron chi connectivity index (χ4n) is 2.40. The summed E-state index contributed by atoms with van der Waals surface area (Å²) in [6, 6.07) is 25.1. The van der Waals surface area contributed by atoms with Gasteiger partial charge in [0.15, 0.2) is 14.7 Å². The molecular formula is C20H18BrO2S+. The predicted octanol–water partition coefficient (Wildman–Crippen LogP) is 5.56. The molecule has 3 aromatic rings. The fraction of sp³-hybridized carbons (Fsp3) is 0.100. The Hall–Kier alpha value is -1.91. The van der Waals surface area contributed by atoms with Crippen molar-refractivity contribution in [3.63, 3.8) is 0 Å². The van der Waals surface area contributed by atoms with Crippen LogP contribution in [-0.4, -0.2) is 14.2 Å². The second-order valence-corrected chi connectivity index (χ2v) is 8.05. The summed E-state index contributed by atoms with van der Waals surface area (Å²) in [6.07, 6.45) is 0. The molecular weight excluding hydrogens is 384 g/mol. The fourth-order valence-corrected chi connectivity index (χ4v) is 4.71. The van der Waals surface area contributed by atoms with Crippen molar-refractivity contribution in [1.82, 2.24) is 0 Å². The Morgan fingerprint density at radius 3 is 1.25 bits per heavy atom. The molecule has 0 aliphatic heterocycles. The van der Waals surface area contributed by atoms with E-state index >= 15 is 0 Å². The first-order valence-electron chi connectivity index (χ1n) is 7.49. The van der Waals surface area contributed by atoms with Crippen molar-refractivity contribution >= 4 is 26.8 Å². The third kappa shape index (κ3) is 3.77. The van der Waals surface area contributed by atoms with Gasteiger partial charge in [0.2, 0.25) is 0 Å². The van der Waals surface area contributed by atoms with E-state index in [9.17, 15) is 0 Å².